The van der Waals surface area contributed by atoms with Crippen LogP contribution in [0, 0.1) is 0 Å². The Morgan fingerprint density at radius 1 is 1.54 bits per heavy atom. The molecule has 3 nitrogen and oxygen atoms in total. The maximum absolute atomic E-state index is 5.55. The summed E-state index contributed by atoms with van der Waals surface area (Å²) in [5.74, 6) is 0. The minimum Gasteiger partial charge on any atom is -0.375 e. The monoisotopic (exact) mass is 184 g/mol. The van der Waals surface area contributed by atoms with Crippen molar-refractivity contribution in [2.45, 2.75) is 38.5 Å². The van der Waals surface area contributed by atoms with Gasteiger partial charge < -0.3 is 10.1 Å². The van der Waals surface area contributed by atoms with Crippen molar-refractivity contribution in [1.82, 2.24) is 10.2 Å². The van der Waals surface area contributed by atoms with Gasteiger partial charge in [-0.1, -0.05) is 13.8 Å². The van der Waals surface area contributed by atoms with E-state index in [4.69, 9.17) is 4.74 Å². The highest BCUT2D eigenvalue weighted by Crippen LogP contribution is 2.26. The number of nitrogens with zero attached hydrogens (tertiary/aromatic N) is 1. The van der Waals surface area contributed by atoms with Crippen molar-refractivity contribution < 1.29 is 4.74 Å². The van der Waals surface area contributed by atoms with Crippen molar-refractivity contribution in [2.75, 3.05) is 26.2 Å². The van der Waals surface area contributed by atoms with Gasteiger partial charge in [0.25, 0.3) is 0 Å². The predicted molar refractivity (Wildman–Crippen MR) is 52.9 cm³/mol. The summed E-state index contributed by atoms with van der Waals surface area (Å²) in [5, 5.41) is 3.45. The van der Waals surface area contributed by atoms with Crippen LogP contribution in [0.15, 0.2) is 0 Å². The standard InChI is InChI=1S/C10H20N2O/c1-8(2)11-3-4-12-6-10-5-9(12)7-13-10/h8-11H,3-7H2,1-2H3. The first-order chi connectivity index (χ1) is 6.25. The number of likely N-dealkylation sites (tertiary alicyclic amines) is 1. The zero-order valence-corrected chi connectivity index (χ0v) is 8.62. The van der Waals surface area contributed by atoms with Crippen LogP contribution in [0.25, 0.3) is 0 Å². The van der Waals surface area contributed by atoms with Gasteiger partial charge in [0.05, 0.1) is 12.7 Å². The second-order valence-corrected chi connectivity index (χ2v) is 4.45. The summed E-state index contributed by atoms with van der Waals surface area (Å²) in [6.07, 6.45) is 1.81. The molecule has 1 N–H and O–H groups in total. The minimum absolute atomic E-state index is 0.545. The third-order valence-electron chi connectivity index (χ3n) is 2.97. The van der Waals surface area contributed by atoms with E-state index in [1.165, 1.54) is 13.0 Å². The van der Waals surface area contributed by atoms with Gasteiger partial charge in [-0.3, -0.25) is 4.90 Å². The molecule has 0 aliphatic carbocycles. The van der Waals surface area contributed by atoms with Gasteiger partial charge in [-0.05, 0) is 6.42 Å². The fourth-order valence-electron chi connectivity index (χ4n) is 2.25. The molecule has 2 bridgehead atoms. The van der Waals surface area contributed by atoms with Crippen LogP contribution < -0.4 is 5.32 Å². The summed E-state index contributed by atoms with van der Waals surface area (Å²) in [5.41, 5.74) is 0. The fourth-order valence-corrected chi connectivity index (χ4v) is 2.25. The molecular formula is C10H20N2O. The molecule has 76 valence electrons. The van der Waals surface area contributed by atoms with Gasteiger partial charge in [-0.25, -0.2) is 0 Å². The molecule has 0 radical (unpaired) electrons. The predicted octanol–water partition coefficient (Wildman–Crippen LogP) is 0.457. The van der Waals surface area contributed by atoms with E-state index in [0.717, 1.165) is 25.7 Å². The first-order valence-corrected chi connectivity index (χ1v) is 5.34. The van der Waals surface area contributed by atoms with Crippen LogP contribution in [0.4, 0.5) is 0 Å². The molecule has 2 heterocycles. The maximum Gasteiger partial charge on any atom is 0.0718 e. The Kier molecular flexibility index (Phi) is 2.86. The molecule has 0 aromatic rings. The van der Waals surface area contributed by atoms with Crippen molar-refractivity contribution in [3.63, 3.8) is 0 Å². The molecule has 2 unspecified atom stereocenters. The third-order valence-corrected chi connectivity index (χ3v) is 2.97. The number of hydrogen-bond acceptors (Lipinski definition) is 3. The molecule has 2 atom stereocenters. The van der Waals surface area contributed by atoms with Gasteiger partial charge in [-0.15, -0.1) is 0 Å². The Bertz CT molecular complexity index is 172. The summed E-state index contributed by atoms with van der Waals surface area (Å²) >= 11 is 0. The van der Waals surface area contributed by atoms with Gasteiger partial charge in [0, 0.05) is 31.7 Å². The molecule has 2 fully saturated rings. The number of fused-ring (bicyclic) bond motifs is 2. The fraction of sp³-hybridized carbons (Fsp3) is 1.00. The lowest BCUT2D eigenvalue weighted by Gasteiger charge is -2.26. The number of ether oxygens (including phenoxy) is 1. The van der Waals surface area contributed by atoms with Crippen molar-refractivity contribution in [2.24, 2.45) is 0 Å². The Balaban J connectivity index is 1.66. The van der Waals surface area contributed by atoms with Crippen molar-refractivity contribution in [3.05, 3.63) is 0 Å². The molecule has 0 aromatic carbocycles. The van der Waals surface area contributed by atoms with E-state index in [-0.39, 0.29) is 0 Å². The summed E-state index contributed by atoms with van der Waals surface area (Å²) in [6, 6.07) is 1.33. The van der Waals surface area contributed by atoms with Gasteiger partial charge in [0.1, 0.15) is 0 Å². The first-order valence-electron chi connectivity index (χ1n) is 5.34. The van der Waals surface area contributed by atoms with Gasteiger partial charge in [0.15, 0.2) is 0 Å². The summed E-state index contributed by atoms with van der Waals surface area (Å²) in [4.78, 5) is 2.56. The number of rotatable bonds is 4. The van der Waals surface area contributed by atoms with E-state index < -0.39 is 0 Å². The van der Waals surface area contributed by atoms with Crippen molar-refractivity contribution in [3.8, 4) is 0 Å². The van der Waals surface area contributed by atoms with E-state index in [0.29, 0.717) is 12.1 Å². The zero-order valence-electron chi connectivity index (χ0n) is 8.62. The van der Waals surface area contributed by atoms with Crippen LogP contribution in [-0.2, 0) is 4.74 Å². The molecule has 0 aromatic heterocycles. The van der Waals surface area contributed by atoms with Crippen LogP contribution in [-0.4, -0.2) is 49.3 Å². The lowest BCUT2D eigenvalue weighted by molar-refractivity contribution is 0.0310. The molecule has 0 saturated carbocycles. The molecule has 3 heteroatoms. The highest BCUT2D eigenvalue weighted by molar-refractivity contribution is 4.91. The quantitative estimate of drug-likeness (QED) is 0.687. The second kappa shape index (κ2) is 3.95. The lowest BCUT2D eigenvalue weighted by Crippen LogP contribution is -2.41. The second-order valence-electron chi connectivity index (χ2n) is 4.45. The molecule has 2 saturated heterocycles. The van der Waals surface area contributed by atoms with Crippen molar-refractivity contribution in [1.29, 1.82) is 0 Å². The number of morpholine rings is 1. The molecule has 2 aliphatic rings. The minimum atomic E-state index is 0.545. The highest BCUT2D eigenvalue weighted by Gasteiger charge is 2.38. The SMILES string of the molecule is CC(C)NCCN1CC2CC1CO2. The van der Waals surface area contributed by atoms with E-state index in [2.05, 4.69) is 24.1 Å². The van der Waals surface area contributed by atoms with Gasteiger partial charge in [-0.2, -0.15) is 0 Å². The third kappa shape index (κ3) is 2.22. The Morgan fingerprint density at radius 3 is 2.92 bits per heavy atom. The molecule has 2 rings (SSSR count). The van der Waals surface area contributed by atoms with Crippen LogP contribution in [0.1, 0.15) is 20.3 Å². The van der Waals surface area contributed by atoms with Gasteiger partial charge in [0.2, 0.25) is 0 Å². The average Bonchev–Trinajstić information content (AvgIpc) is 2.64. The molecule has 0 spiro atoms. The van der Waals surface area contributed by atoms with E-state index >= 15 is 0 Å². The van der Waals surface area contributed by atoms with Crippen LogP contribution >= 0.6 is 0 Å². The molecular weight excluding hydrogens is 164 g/mol. The normalized spacial score (nSPS) is 33.5. The van der Waals surface area contributed by atoms with Crippen LogP contribution in [0.5, 0.6) is 0 Å². The Labute approximate surface area is 80.4 Å². The molecule has 2 aliphatic heterocycles. The summed E-state index contributed by atoms with van der Waals surface area (Å²) in [7, 11) is 0. The largest absolute Gasteiger partial charge is 0.375 e. The highest BCUT2D eigenvalue weighted by atomic mass is 16.5. The van der Waals surface area contributed by atoms with Crippen LogP contribution in [0.3, 0.4) is 0 Å². The Morgan fingerprint density at radius 2 is 2.38 bits per heavy atom. The zero-order chi connectivity index (χ0) is 9.26. The summed E-state index contributed by atoms with van der Waals surface area (Å²) < 4.78 is 5.55. The average molecular weight is 184 g/mol. The maximum atomic E-state index is 5.55. The van der Waals surface area contributed by atoms with E-state index in [1.54, 1.807) is 0 Å². The molecule has 0 amide bonds. The summed E-state index contributed by atoms with van der Waals surface area (Å²) in [6.45, 7) is 8.80. The smallest absolute Gasteiger partial charge is 0.0718 e. The van der Waals surface area contributed by atoms with Crippen molar-refractivity contribution >= 4 is 0 Å². The number of hydrogen-bond donors (Lipinski definition) is 1. The van der Waals surface area contributed by atoms with E-state index in [1.807, 2.05) is 0 Å². The molecule has 13 heavy (non-hydrogen) atoms. The first kappa shape index (κ1) is 9.44. The van der Waals surface area contributed by atoms with Crippen LogP contribution in [0.2, 0.25) is 0 Å². The van der Waals surface area contributed by atoms with E-state index in [9.17, 15) is 0 Å². The topological polar surface area (TPSA) is 24.5 Å². The van der Waals surface area contributed by atoms with Gasteiger partial charge >= 0.3 is 0 Å². The lowest BCUT2D eigenvalue weighted by atomic mass is 10.2. The Hall–Kier alpha value is -0.120. The number of nitrogens with one attached hydrogen (secondary N) is 1.